The van der Waals surface area contributed by atoms with Crippen molar-refractivity contribution in [1.82, 2.24) is 5.32 Å². The lowest BCUT2D eigenvalue weighted by Gasteiger charge is -2.23. The Morgan fingerprint density at radius 3 is 2.18 bits per heavy atom. The molecule has 7 heteroatoms. The van der Waals surface area contributed by atoms with Crippen LogP contribution in [0.25, 0.3) is 0 Å². The number of ether oxygens (including phenoxy) is 1. The fourth-order valence-electron chi connectivity index (χ4n) is 1.65. The van der Waals surface area contributed by atoms with Crippen LogP contribution in [-0.2, 0) is 10.9 Å². The van der Waals surface area contributed by atoms with Crippen LogP contribution in [0.3, 0.4) is 0 Å². The molecule has 0 bridgehead atoms. The highest BCUT2D eigenvalue weighted by Gasteiger charge is 2.30. The van der Waals surface area contributed by atoms with E-state index in [1.807, 2.05) is 6.92 Å². The third kappa shape index (κ3) is 6.17. The topological polar surface area (TPSA) is 38.3 Å². The van der Waals surface area contributed by atoms with E-state index in [9.17, 15) is 18.0 Å². The smallest absolute Gasteiger partial charge is 0.416 e. The highest BCUT2D eigenvalue weighted by atomic mass is 32.2. The van der Waals surface area contributed by atoms with Crippen LogP contribution in [0, 0.1) is 0 Å². The van der Waals surface area contributed by atoms with Crippen molar-refractivity contribution in [2.24, 2.45) is 0 Å². The minimum Gasteiger partial charge on any atom is -0.444 e. The molecular weight excluding hydrogens is 315 g/mol. The van der Waals surface area contributed by atoms with Gasteiger partial charge in [-0.1, -0.05) is 19.1 Å². The lowest BCUT2D eigenvalue weighted by atomic mass is 10.1. The van der Waals surface area contributed by atoms with Gasteiger partial charge < -0.3 is 10.1 Å². The van der Waals surface area contributed by atoms with Crippen molar-refractivity contribution < 1.29 is 22.7 Å². The Kier molecular flexibility index (Phi) is 6.17. The highest BCUT2D eigenvalue weighted by molar-refractivity contribution is 7.99. The number of alkyl halides is 3. The van der Waals surface area contributed by atoms with Crippen LogP contribution in [-0.4, -0.2) is 17.4 Å². The zero-order chi connectivity index (χ0) is 17.0. The molecule has 1 aromatic carbocycles. The molecule has 1 aromatic rings. The Balaban J connectivity index is 2.85. The summed E-state index contributed by atoms with van der Waals surface area (Å²) in [6, 6.07) is 4.76. The fraction of sp³-hybridized carbons (Fsp3) is 0.533. The molecule has 3 nitrogen and oxygen atoms in total. The van der Waals surface area contributed by atoms with Gasteiger partial charge >= 0.3 is 12.3 Å². The molecule has 22 heavy (non-hydrogen) atoms. The molecule has 0 aliphatic heterocycles. The summed E-state index contributed by atoms with van der Waals surface area (Å²) in [4.78, 5) is 11.8. The monoisotopic (exact) mass is 335 g/mol. The first-order chi connectivity index (χ1) is 10.0. The number of amides is 1. The fourth-order valence-corrected chi connectivity index (χ4v) is 2.51. The van der Waals surface area contributed by atoms with E-state index in [1.54, 1.807) is 20.8 Å². The molecule has 0 aliphatic rings. The first kappa shape index (κ1) is 18.7. The van der Waals surface area contributed by atoms with Crippen LogP contribution in [0.5, 0.6) is 0 Å². The number of halogens is 3. The van der Waals surface area contributed by atoms with E-state index in [0.29, 0.717) is 11.3 Å². The largest absolute Gasteiger partial charge is 0.444 e. The molecule has 1 unspecified atom stereocenters. The van der Waals surface area contributed by atoms with Gasteiger partial charge in [-0.25, -0.2) is 4.79 Å². The van der Waals surface area contributed by atoms with Gasteiger partial charge in [0.15, 0.2) is 0 Å². The SMILES string of the molecule is CCSC(NC(=O)OC(C)(C)C)c1ccc(C(F)(F)F)cc1. The summed E-state index contributed by atoms with van der Waals surface area (Å²) in [6.07, 6.45) is -4.97. The summed E-state index contributed by atoms with van der Waals surface area (Å²) in [7, 11) is 0. The molecule has 0 spiro atoms. The van der Waals surface area contributed by atoms with Gasteiger partial charge in [0.1, 0.15) is 11.0 Å². The minimum atomic E-state index is -4.37. The first-order valence-corrected chi connectivity index (χ1v) is 7.86. The zero-order valence-corrected chi connectivity index (χ0v) is 13.8. The highest BCUT2D eigenvalue weighted by Crippen LogP contribution is 2.32. The lowest BCUT2D eigenvalue weighted by Crippen LogP contribution is -2.34. The number of thioether (sulfide) groups is 1. The molecule has 0 saturated heterocycles. The molecule has 1 rings (SSSR count). The van der Waals surface area contributed by atoms with Gasteiger partial charge in [0, 0.05) is 0 Å². The third-order valence-electron chi connectivity index (χ3n) is 2.52. The van der Waals surface area contributed by atoms with Gasteiger partial charge in [0.05, 0.1) is 5.56 Å². The normalized spacial score (nSPS) is 13.6. The molecule has 0 aliphatic carbocycles. The third-order valence-corrected chi connectivity index (χ3v) is 3.58. The van der Waals surface area contributed by atoms with Crippen molar-refractivity contribution in [3.05, 3.63) is 35.4 Å². The standard InChI is InChI=1S/C15H20F3NO2S/c1-5-22-12(19-13(20)21-14(2,3)4)10-6-8-11(9-7-10)15(16,17)18/h6-9,12H,5H2,1-4H3,(H,19,20). The van der Waals surface area contributed by atoms with Crippen LogP contribution in [0.1, 0.15) is 44.2 Å². The Hall–Kier alpha value is -1.37. The Labute approximate surface area is 132 Å². The summed E-state index contributed by atoms with van der Waals surface area (Å²) in [6.45, 7) is 7.13. The first-order valence-electron chi connectivity index (χ1n) is 6.81. The number of hydrogen-bond donors (Lipinski definition) is 1. The zero-order valence-electron chi connectivity index (χ0n) is 13.0. The van der Waals surface area contributed by atoms with Crippen LogP contribution in [0.2, 0.25) is 0 Å². The molecule has 1 amide bonds. The van der Waals surface area contributed by atoms with Crippen molar-refractivity contribution in [1.29, 1.82) is 0 Å². The lowest BCUT2D eigenvalue weighted by molar-refractivity contribution is -0.137. The second kappa shape index (κ2) is 7.26. The molecule has 0 heterocycles. The van der Waals surface area contributed by atoms with E-state index in [2.05, 4.69) is 5.32 Å². The summed E-state index contributed by atoms with van der Waals surface area (Å²) in [5.74, 6) is 0.696. The van der Waals surface area contributed by atoms with Crippen LogP contribution in [0.4, 0.5) is 18.0 Å². The van der Waals surface area contributed by atoms with Gasteiger partial charge in [0.25, 0.3) is 0 Å². The van der Waals surface area contributed by atoms with E-state index < -0.39 is 28.8 Å². The van der Waals surface area contributed by atoms with Crippen LogP contribution >= 0.6 is 11.8 Å². The average molecular weight is 335 g/mol. The Morgan fingerprint density at radius 1 is 1.23 bits per heavy atom. The second-order valence-corrected chi connectivity index (χ2v) is 6.98. The maximum atomic E-state index is 12.6. The van der Waals surface area contributed by atoms with Gasteiger partial charge in [-0.05, 0) is 44.2 Å². The van der Waals surface area contributed by atoms with Gasteiger partial charge in [-0.3, -0.25) is 0 Å². The molecular formula is C15H20F3NO2S. The van der Waals surface area contributed by atoms with Crippen molar-refractivity contribution in [2.45, 2.75) is 44.8 Å². The predicted octanol–water partition coefficient (Wildman–Crippen LogP) is 4.98. The van der Waals surface area contributed by atoms with Gasteiger partial charge in [-0.2, -0.15) is 13.2 Å². The van der Waals surface area contributed by atoms with E-state index in [4.69, 9.17) is 4.74 Å². The van der Waals surface area contributed by atoms with E-state index in [1.165, 1.54) is 23.9 Å². The minimum absolute atomic E-state index is 0.456. The summed E-state index contributed by atoms with van der Waals surface area (Å²) >= 11 is 1.40. The van der Waals surface area contributed by atoms with E-state index >= 15 is 0 Å². The van der Waals surface area contributed by atoms with Crippen LogP contribution in [0.15, 0.2) is 24.3 Å². The summed E-state index contributed by atoms with van der Waals surface area (Å²) in [5, 5.41) is 2.21. The quantitative estimate of drug-likeness (QED) is 0.789. The van der Waals surface area contributed by atoms with Crippen LogP contribution < -0.4 is 5.32 Å². The number of benzene rings is 1. The van der Waals surface area contributed by atoms with Gasteiger partial charge in [0.2, 0.25) is 0 Å². The number of nitrogens with one attached hydrogen (secondary N) is 1. The molecule has 0 aromatic heterocycles. The van der Waals surface area contributed by atoms with Crippen molar-refractivity contribution >= 4 is 17.9 Å². The number of alkyl carbamates (subject to hydrolysis) is 1. The number of carbonyl (C=O) groups is 1. The second-order valence-electron chi connectivity index (χ2n) is 5.60. The maximum Gasteiger partial charge on any atom is 0.416 e. The molecule has 1 N–H and O–H groups in total. The van der Waals surface area contributed by atoms with Crippen molar-refractivity contribution in [2.75, 3.05) is 5.75 Å². The Bertz CT molecular complexity index is 495. The number of carbonyl (C=O) groups excluding carboxylic acids is 1. The molecule has 1 atom stereocenters. The van der Waals surface area contributed by atoms with E-state index in [-0.39, 0.29) is 0 Å². The van der Waals surface area contributed by atoms with Gasteiger partial charge in [-0.15, -0.1) is 11.8 Å². The van der Waals surface area contributed by atoms with Crippen molar-refractivity contribution in [3.63, 3.8) is 0 Å². The Morgan fingerprint density at radius 2 is 1.77 bits per heavy atom. The number of rotatable bonds is 4. The average Bonchev–Trinajstić information content (AvgIpc) is 2.35. The summed E-state index contributed by atoms with van der Waals surface area (Å²) < 4.78 is 42.9. The number of hydrogen-bond acceptors (Lipinski definition) is 3. The predicted molar refractivity (Wildman–Crippen MR) is 81.7 cm³/mol. The summed E-state index contributed by atoms with van der Waals surface area (Å²) in [5.41, 5.74) is -0.759. The van der Waals surface area contributed by atoms with E-state index in [0.717, 1.165) is 12.1 Å². The molecule has 124 valence electrons. The molecule has 0 fully saturated rings. The van der Waals surface area contributed by atoms with Crippen molar-refractivity contribution in [3.8, 4) is 0 Å². The molecule has 0 radical (unpaired) electrons. The molecule has 0 saturated carbocycles. The maximum absolute atomic E-state index is 12.6.